The molecule has 190 valence electrons. The van der Waals surface area contributed by atoms with Crippen LogP contribution in [0.1, 0.15) is 17.2 Å². The lowest BCUT2D eigenvalue weighted by Gasteiger charge is -2.24. The number of nitrogens with zero attached hydrogens (tertiary/aromatic N) is 2. The zero-order chi connectivity index (χ0) is 26.6. The third-order valence-corrected chi connectivity index (χ3v) is 7.05. The van der Waals surface area contributed by atoms with Gasteiger partial charge in [-0.3, -0.25) is 14.5 Å². The van der Waals surface area contributed by atoms with Gasteiger partial charge >= 0.3 is 0 Å². The summed E-state index contributed by atoms with van der Waals surface area (Å²) in [7, 11) is 1.58. The highest BCUT2D eigenvalue weighted by Crippen LogP contribution is 2.44. The number of allylic oxidation sites excluding steroid dienone is 1. The average Bonchev–Trinajstić information content (AvgIpc) is 3.48. The Balaban J connectivity index is 1.60. The second kappa shape index (κ2) is 10.7. The van der Waals surface area contributed by atoms with E-state index in [0.29, 0.717) is 34.3 Å². The third kappa shape index (κ3) is 4.81. The van der Waals surface area contributed by atoms with E-state index >= 15 is 0 Å². The minimum atomic E-state index is -0.912. The van der Waals surface area contributed by atoms with Crippen molar-refractivity contribution < 1.29 is 24.2 Å². The molecule has 0 saturated heterocycles. The molecule has 5 rings (SSSR count). The van der Waals surface area contributed by atoms with Crippen LogP contribution < -0.4 is 14.4 Å². The molecule has 3 aromatic carbocycles. The first-order valence-corrected chi connectivity index (χ1v) is 12.6. The Kier molecular flexibility index (Phi) is 7.06. The van der Waals surface area contributed by atoms with E-state index in [1.807, 2.05) is 36.4 Å². The molecule has 38 heavy (non-hydrogen) atoms. The molecule has 1 unspecified atom stereocenters. The van der Waals surface area contributed by atoms with Crippen molar-refractivity contribution in [3.63, 3.8) is 0 Å². The Morgan fingerprint density at radius 3 is 2.68 bits per heavy atom. The average molecular weight is 525 g/mol. The molecular formula is C30H24N2O5S. The van der Waals surface area contributed by atoms with E-state index in [1.54, 1.807) is 55.7 Å². The number of benzene rings is 3. The Bertz CT molecular complexity index is 1590. The van der Waals surface area contributed by atoms with Gasteiger partial charge in [0, 0.05) is 0 Å². The minimum Gasteiger partial charge on any atom is -0.503 e. The van der Waals surface area contributed by atoms with E-state index in [0.717, 1.165) is 10.3 Å². The number of ketones is 1. The first kappa shape index (κ1) is 25.0. The third-order valence-electron chi connectivity index (χ3n) is 6.03. The van der Waals surface area contributed by atoms with Gasteiger partial charge in [-0.25, -0.2) is 4.98 Å². The Hall–Kier alpha value is -4.69. The maximum absolute atomic E-state index is 13.5. The van der Waals surface area contributed by atoms with Crippen molar-refractivity contribution in [2.45, 2.75) is 6.04 Å². The largest absolute Gasteiger partial charge is 0.503 e. The summed E-state index contributed by atoms with van der Waals surface area (Å²) in [4.78, 5) is 33.0. The van der Waals surface area contributed by atoms with E-state index in [4.69, 9.17) is 9.47 Å². The molecule has 0 aliphatic carbocycles. The molecule has 1 N–H and O–H groups in total. The second-order valence-electron chi connectivity index (χ2n) is 8.45. The molecule has 1 aromatic heterocycles. The second-order valence-corrected chi connectivity index (χ2v) is 9.46. The highest BCUT2D eigenvalue weighted by atomic mass is 32.1. The smallest absolute Gasteiger partial charge is 0.296 e. The lowest BCUT2D eigenvalue weighted by molar-refractivity contribution is -0.117. The molecule has 8 heteroatoms. The van der Waals surface area contributed by atoms with Crippen LogP contribution in [0.15, 0.2) is 103 Å². The van der Waals surface area contributed by atoms with Gasteiger partial charge in [0.1, 0.15) is 18.1 Å². The van der Waals surface area contributed by atoms with E-state index in [2.05, 4.69) is 11.6 Å². The number of hydrogen-bond donors (Lipinski definition) is 1. The summed E-state index contributed by atoms with van der Waals surface area (Å²) < 4.78 is 11.8. The maximum Gasteiger partial charge on any atom is 0.296 e. The number of methoxy groups -OCH3 is 1. The summed E-state index contributed by atoms with van der Waals surface area (Å²) in [5.74, 6) is -0.581. The number of aromatic nitrogens is 1. The van der Waals surface area contributed by atoms with Gasteiger partial charge in [0.25, 0.3) is 5.91 Å². The van der Waals surface area contributed by atoms with Gasteiger partial charge in [-0.2, -0.15) is 0 Å². The zero-order valence-corrected chi connectivity index (χ0v) is 21.4. The molecular weight excluding hydrogens is 500 g/mol. The fourth-order valence-corrected chi connectivity index (χ4v) is 5.27. The number of rotatable bonds is 9. The first-order valence-electron chi connectivity index (χ1n) is 11.8. The van der Waals surface area contributed by atoms with Gasteiger partial charge in [-0.15, -0.1) is 0 Å². The van der Waals surface area contributed by atoms with Crippen LogP contribution in [0.25, 0.3) is 16.3 Å². The lowest BCUT2D eigenvalue weighted by Crippen LogP contribution is -2.30. The molecule has 4 aromatic rings. The maximum atomic E-state index is 13.5. The molecule has 0 radical (unpaired) electrons. The number of ether oxygens (including phenoxy) is 2. The van der Waals surface area contributed by atoms with Gasteiger partial charge in [0.2, 0.25) is 0 Å². The Labute approximate surface area is 223 Å². The van der Waals surface area contributed by atoms with Crippen LogP contribution in [0.5, 0.6) is 11.5 Å². The molecule has 1 atom stereocenters. The summed E-state index contributed by atoms with van der Waals surface area (Å²) in [6.07, 6.45) is 4.65. The highest BCUT2D eigenvalue weighted by molar-refractivity contribution is 7.22. The standard InChI is InChI=1S/C30H24N2O5S/c1-3-16-37-22-11-7-10-20(17-22)27-26(24(33)15-12-19-8-5-4-6-9-19)28(34)29(35)32(27)30-31-23-14-13-21(36-2)18-25(23)38-30/h3-15,17-18,27,34H,1,16H2,2H3. The van der Waals surface area contributed by atoms with Crippen molar-refractivity contribution in [2.75, 3.05) is 18.6 Å². The van der Waals surface area contributed by atoms with Crippen molar-refractivity contribution in [1.82, 2.24) is 4.98 Å². The van der Waals surface area contributed by atoms with E-state index in [9.17, 15) is 14.7 Å². The molecule has 0 spiro atoms. The van der Waals surface area contributed by atoms with E-state index in [1.165, 1.54) is 22.3 Å². The molecule has 1 aliphatic heterocycles. The van der Waals surface area contributed by atoms with Crippen LogP contribution >= 0.6 is 11.3 Å². The van der Waals surface area contributed by atoms with Crippen LogP contribution in [0.2, 0.25) is 0 Å². The fraction of sp³-hybridized carbons (Fsp3) is 0.100. The predicted octanol–water partition coefficient (Wildman–Crippen LogP) is 6.05. The monoisotopic (exact) mass is 524 g/mol. The molecule has 0 fully saturated rings. The molecule has 2 heterocycles. The van der Waals surface area contributed by atoms with Gasteiger partial charge in [0.05, 0.1) is 28.9 Å². The van der Waals surface area contributed by atoms with Crippen LogP contribution in [-0.2, 0) is 9.59 Å². The summed E-state index contributed by atoms with van der Waals surface area (Å²) >= 11 is 1.27. The van der Waals surface area contributed by atoms with Crippen LogP contribution in [0.4, 0.5) is 5.13 Å². The number of fused-ring (bicyclic) bond motifs is 1. The fourth-order valence-electron chi connectivity index (χ4n) is 4.25. The van der Waals surface area contributed by atoms with Crippen molar-refractivity contribution in [2.24, 2.45) is 0 Å². The van der Waals surface area contributed by atoms with Crippen molar-refractivity contribution >= 4 is 44.5 Å². The number of hydrogen-bond acceptors (Lipinski definition) is 7. The minimum absolute atomic E-state index is 0.0279. The number of carbonyl (C=O) groups is 2. The summed E-state index contributed by atoms with van der Waals surface area (Å²) in [5.41, 5.74) is 2.06. The van der Waals surface area contributed by atoms with Crippen molar-refractivity contribution in [3.8, 4) is 11.5 Å². The number of carbonyl (C=O) groups excluding carboxylic acids is 2. The van der Waals surface area contributed by atoms with E-state index < -0.39 is 23.5 Å². The van der Waals surface area contributed by atoms with Crippen molar-refractivity contribution in [3.05, 3.63) is 114 Å². The molecule has 7 nitrogen and oxygen atoms in total. The predicted molar refractivity (Wildman–Crippen MR) is 149 cm³/mol. The van der Waals surface area contributed by atoms with Gasteiger partial charge in [0.15, 0.2) is 16.7 Å². The van der Waals surface area contributed by atoms with Gasteiger partial charge < -0.3 is 14.6 Å². The summed E-state index contributed by atoms with van der Waals surface area (Å²) in [6, 6.07) is 20.9. The number of thiazole rings is 1. The summed E-state index contributed by atoms with van der Waals surface area (Å²) in [6.45, 7) is 3.97. The SMILES string of the molecule is C=CCOc1cccc(C2C(C(=O)C=Cc3ccccc3)=C(O)C(=O)N2c2nc3ccc(OC)cc3s2)c1. The number of aliphatic hydroxyl groups is 1. The Morgan fingerprint density at radius 1 is 1.11 bits per heavy atom. The molecule has 1 aliphatic rings. The number of anilines is 1. The van der Waals surface area contributed by atoms with E-state index in [-0.39, 0.29) is 5.57 Å². The Morgan fingerprint density at radius 2 is 1.92 bits per heavy atom. The number of amides is 1. The lowest BCUT2D eigenvalue weighted by atomic mass is 9.95. The van der Waals surface area contributed by atoms with Crippen LogP contribution in [0, 0.1) is 0 Å². The summed E-state index contributed by atoms with van der Waals surface area (Å²) in [5, 5.41) is 11.4. The van der Waals surface area contributed by atoms with Gasteiger partial charge in [-0.1, -0.05) is 72.5 Å². The number of aliphatic hydroxyl groups excluding tert-OH is 1. The quantitative estimate of drug-likeness (QED) is 0.212. The van der Waals surface area contributed by atoms with Crippen molar-refractivity contribution in [1.29, 1.82) is 0 Å². The van der Waals surface area contributed by atoms with Gasteiger partial charge in [-0.05, 0) is 47.5 Å². The van der Waals surface area contributed by atoms with Crippen LogP contribution in [-0.4, -0.2) is 35.5 Å². The van der Waals surface area contributed by atoms with Crippen LogP contribution in [0.3, 0.4) is 0 Å². The highest BCUT2D eigenvalue weighted by Gasteiger charge is 2.45. The molecule has 0 bridgehead atoms. The molecule has 1 amide bonds. The topological polar surface area (TPSA) is 89.0 Å². The first-order chi connectivity index (χ1) is 18.5. The molecule has 0 saturated carbocycles. The zero-order valence-electron chi connectivity index (χ0n) is 20.5. The normalized spacial score (nSPS) is 15.4.